The first-order valence-electron chi connectivity index (χ1n) is 12.8. The first-order chi connectivity index (χ1) is 19.1. The summed E-state index contributed by atoms with van der Waals surface area (Å²) in [5.74, 6) is 2.38. The Balaban J connectivity index is 1.42. The molecule has 0 radical (unpaired) electrons. The van der Waals surface area contributed by atoms with Crippen molar-refractivity contribution in [2.75, 3.05) is 12.0 Å². The van der Waals surface area contributed by atoms with E-state index < -0.39 is 0 Å². The van der Waals surface area contributed by atoms with Gasteiger partial charge in [-0.2, -0.15) is 0 Å². The summed E-state index contributed by atoms with van der Waals surface area (Å²) in [5, 5.41) is 4.20. The maximum absolute atomic E-state index is 6.03. The van der Waals surface area contributed by atoms with Gasteiger partial charge in [-0.3, -0.25) is 4.98 Å². The van der Waals surface area contributed by atoms with Gasteiger partial charge in [0.1, 0.15) is 23.3 Å². The van der Waals surface area contributed by atoms with E-state index in [-0.39, 0.29) is 12.1 Å². The number of nitrogens with one attached hydrogen (secondary N) is 1. The Morgan fingerprint density at radius 1 is 0.744 bits per heavy atom. The van der Waals surface area contributed by atoms with Gasteiger partial charge >= 0.3 is 0 Å². The molecule has 3 aromatic carbocycles. The van der Waals surface area contributed by atoms with Crippen molar-refractivity contribution in [3.8, 4) is 22.9 Å². The molecule has 1 N–H and O–H groups in total. The molecule has 0 saturated carbocycles. The first kappa shape index (κ1) is 24.7. The monoisotopic (exact) mass is 532 g/mol. The fourth-order valence-electron chi connectivity index (χ4n) is 5.11. The number of thiocarbonyl (C=S) groups is 1. The molecular formula is C32H28N4O2S. The van der Waals surface area contributed by atoms with Crippen LogP contribution in [0.15, 0.2) is 115 Å². The van der Waals surface area contributed by atoms with Crippen LogP contribution >= 0.6 is 12.2 Å². The minimum Gasteiger partial charge on any atom is -0.497 e. The van der Waals surface area contributed by atoms with Crippen molar-refractivity contribution in [1.29, 1.82) is 0 Å². The molecule has 3 heterocycles. The quantitative estimate of drug-likeness (QED) is 0.225. The number of anilines is 1. The predicted molar refractivity (Wildman–Crippen MR) is 158 cm³/mol. The number of ether oxygens (including phenoxy) is 2. The summed E-state index contributed by atoms with van der Waals surface area (Å²) in [4.78, 5) is 6.87. The second-order valence-corrected chi connectivity index (χ2v) is 9.73. The molecule has 194 valence electrons. The van der Waals surface area contributed by atoms with Crippen molar-refractivity contribution in [3.05, 3.63) is 132 Å². The molecule has 1 fully saturated rings. The largest absolute Gasteiger partial charge is 0.497 e. The smallest absolute Gasteiger partial charge is 0.174 e. The van der Waals surface area contributed by atoms with Gasteiger partial charge in [0.25, 0.3) is 0 Å². The molecule has 1 saturated heterocycles. The van der Waals surface area contributed by atoms with Crippen molar-refractivity contribution >= 4 is 23.0 Å². The van der Waals surface area contributed by atoms with Crippen LogP contribution < -0.4 is 19.7 Å². The van der Waals surface area contributed by atoms with Crippen LogP contribution in [0.2, 0.25) is 0 Å². The fourth-order valence-corrected chi connectivity index (χ4v) is 5.45. The number of para-hydroxylation sites is 1. The Kier molecular flexibility index (Phi) is 6.73. The van der Waals surface area contributed by atoms with Gasteiger partial charge in [0.15, 0.2) is 5.11 Å². The second kappa shape index (κ2) is 10.6. The minimum atomic E-state index is -0.149. The molecule has 39 heavy (non-hydrogen) atoms. The van der Waals surface area contributed by atoms with E-state index in [1.54, 1.807) is 7.11 Å². The van der Waals surface area contributed by atoms with Crippen LogP contribution in [0.3, 0.4) is 0 Å². The summed E-state index contributed by atoms with van der Waals surface area (Å²) >= 11 is 5.94. The van der Waals surface area contributed by atoms with E-state index >= 15 is 0 Å². The zero-order valence-corrected chi connectivity index (χ0v) is 22.5. The van der Waals surface area contributed by atoms with Crippen LogP contribution in [0.4, 0.5) is 5.69 Å². The third kappa shape index (κ3) is 4.84. The number of nitrogens with zero attached hydrogens (tertiary/aromatic N) is 3. The zero-order valence-electron chi connectivity index (χ0n) is 21.7. The average Bonchev–Trinajstić information content (AvgIpc) is 3.53. The molecule has 0 aliphatic carbocycles. The molecule has 0 amide bonds. The predicted octanol–water partition coefficient (Wildman–Crippen LogP) is 7.16. The number of aromatic nitrogens is 2. The van der Waals surface area contributed by atoms with Gasteiger partial charge in [0, 0.05) is 29.0 Å². The highest BCUT2D eigenvalue weighted by molar-refractivity contribution is 7.80. The van der Waals surface area contributed by atoms with Crippen LogP contribution in [0.1, 0.15) is 29.2 Å². The van der Waals surface area contributed by atoms with Gasteiger partial charge < -0.3 is 24.3 Å². The van der Waals surface area contributed by atoms with Gasteiger partial charge in [-0.1, -0.05) is 24.3 Å². The molecule has 2 aromatic heterocycles. The minimum absolute atomic E-state index is 0.148. The number of hydrogen-bond acceptors (Lipinski definition) is 4. The van der Waals surface area contributed by atoms with E-state index in [2.05, 4.69) is 46.0 Å². The van der Waals surface area contributed by atoms with Crippen LogP contribution in [0.5, 0.6) is 17.2 Å². The summed E-state index contributed by atoms with van der Waals surface area (Å²) < 4.78 is 13.7. The highest BCUT2D eigenvalue weighted by atomic mass is 32.1. The molecule has 0 bridgehead atoms. The summed E-state index contributed by atoms with van der Waals surface area (Å²) in [6.07, 6.45) is 1.82. The van der Waals surface area contributed by atoms with E-state index in [9.17, 15) is 0 Å². The maximum Gasteiger partial charge on any atom is 0.174 e. The second-order valence-electron chi connectivity index (χ2n) is 9.34. The highest BCUT2D eigenvalue weighted by Gasteiger charge is 2.42. The van der Waals surface area contributed by atoms with Crippen molar-refractivity contribution in [2.45, 2.75) is 19.0 Å². The van der Waals surface area contributed by atoms with Gasteiger partial charge in [0.2, 0.25) is 0 Å². The van der Waals surface area contributed by atoms with Crippen molar-refractivity contribution in [3.63, 3.8) is 0 Å². The molecule has 0 spiro atoms. The standard InChI is InChI=1S/C32H28N4O2S/c1-22-11-20-29(35(22)23-12-16-25(37-2)17-13-23)31-30(28-10-6-7-21-33-28)34-32(39)36(31)24-14-18-27(19-15-24)38-26-8-4-3-5-9-26/h3-21,30-31H,1-2H3,(H,34,39)/t30-,31+/m1/s1. The highest BCUT2D eigenvalue weighted by Crippen LogP contribution is 2.43. The Bertz CT molecular complexity index is 1570. The molecule has 6 rings (SSSR count). The SMILES string of the molecule is COc1ccc(-n2c(C)ccc2[C@H]2[C@@H](c3ccccn3)NC(=S)N2c2ccc(Oc3ccccc3)cc2)cc1. The molecule has 2 atom stereocenters. The van der Waals surface area contributed by atoms with Gasteiger partial charge in [-0.25, -0.2) is 0 Å². The Hall–Kier alpha value is -4.62. The molecular weight excluding hydrogens is 504 g/mol. The third-order valence-electron chi connectivity index (χ3n) is 6.93. The summed E-state index contributed by atoms with van der Waals surface area (Å²) in [5.41, 5.74) is 5.18. The van der Waals surface area contributed by atoms with Crippen LogP contribution in [-0.2, 0) is 0 Å². The van der Waals surface area contributed by atoms with Gasteiger partial charge in [0.05, 0.1) is 18.8 Å². The molecule has 7 heteroatoms. The third-order valence-corrected chi connectivity index (χ3v) is 7.25. The normalized spacial score (nSPS) is 16.7. The van der Waals surface area contributed by atoms with E-state index in [0.717, 1.165) is 45.7 Å². The van der Waals surface area contributed by atoms with Crippen LogP contribution in [-0.4, -0.2) is 21.8 Å². The number of rotatable bonds is 7. The van der Waals surface area contributed by atoms with Crippen molar-refractivity contribution in [2.24, 2.45) is 0 Å². The number of aryl methyl sites for hydroxylation is 1. The lowest BCUT2D eigenvalue weighted by Crippen LogP contribution is -2.30. The van der Waals surface area contributed by atoms with E-state index in [4.69, 9.17) is 26.7 Å². The first-order valence-corrected chi connectivity index (χ1v) is 13.2. The number of hydrogen-bond donors (Lipinski definition) is 1. The molecule has 1 aliphatic rings. The molecule has 1 aliphatic heterocycles. The average molecular weight is 533 g/mol. The fraction of sp³-hybridized carbons (Fsp3) is 0.125. The van der Waals surface area contributed by atoms with Gasteiger partial charge in [-0.15, -0.1) is 0 Å². The van der Waals surface area contributed by atoms with Crippen molar-refractivity contribution < 1.29 is 9.47 Å². The van der Waals surface area contributed by atoms with Crippen molar-refractivity contribution in [1.82, 2.24) is 14.9 Å². The number of pyridine rings is 1. The molecule has 6 nitrogen and oxygen atoms in total. The lowest BCUT2D eigenvalue weighted by atomic mass is 10.0. The maximum atomic E-state index is 6.03. The van der Waals surface area contributed by atoms with E-state index in [1.807, 2.05) is 91.1 Å². The number of benzene rings is 3. The lowest BCUT2D eigenvalue weighted by molar-refractivity contribution is 0.414. The van der Waals surface area contributed by atoms with Gasteiger partial charge in [-0.05, 0) is 104 Å². The van der Waals surface area contributed by atoms with E-state index in [1.165, 1.54) is 0 Å². The topological polar surface area (TPSA) is 51.5 Å². The Labute approximate surface area is 233 Å². The number of methoxy groups -OCH3 is 1. The summed E-state index contributed by atoms with van der Waals surface area (Å²) in [6.45, 7) is 2.12. The molecule has 5 aromatic rings. The summed E-state index contributed by atoms with van der Waals surface area (Å²) in [6, 6.07) is 35.9. The van der Waals surface area contributed by atoms with E-state index in [0.29, 0.717) is 5.11 Å². The Morgan fingerprint density at radius 2 is 1.41 bits per heavy atom. The zero-order chi connectivity index (χ0) is 26.8. The van der Waals surface area contributed by atoms with Crippen LogP contribution in [0.25, 0.3) is 5.69 Å². The molecule has 0 unspecified atom stereocenters. The summed E-state index contributed by atoms with van der Waals surface area (Å²) in [7, 11) is 1.68. The Morgan fingerprint density at radius 3 is 2.10 bits per heavy atom. The van der Waals surface area contributed by atoms with Crippen LogP contribution in [0, 0.1) is 6.92 Å². The lowest BCUT2D eigenvalue weighted by Gasteiger charge is -2.29.